The van der Waals surface area contributed by atoms with Crippen molar-refractivity contribution in [2.24, 2.45) is 35.5 Å². The van der Waals surface area contributed by atoms with E-state index in [0.29, 0.717) is 106 Å². The fourth-order valence-corrected chi connectivity index (χ4v) is 31.4. The third-order valence-electron chi connectivity index (χ3n) is 36.9. The summed E-state index contributed by atoms with van der Waals surface area (Å²) in [5, 5.41) is 124. The molecular formula is C102H120N6O30S3. The van der Waals surface area contributed by atoms with Gasteiger partial charge in [-0.05, 0) is 228 Å². The van der Waals surface area contributed by atoms with Gasteiger partial charge in [0, 0.05) is 138 Å². The van der Waals surface area contributed by atoms with E-state index in [1.54, 1.807) is 36.4 Å². The van der Waals surface area contributed by atoms with Gasteiger partial charge in [0.05, 0.1) is 0 Å². The van der Waals surface area contributed by atoms with Crippen LogP contribution in [0.2, 0.25) is 0 Å². The number of phenolic OH excluding ortho intramolecular Hbond substituents is 6. The van der Waals surface area contributed by atoms with E-state index in [4.69, 9.17) is 81.0 Å². The summed E-state index contributed by atoms with van der Waals surface area (Å²) in [7, 11) is -0.872. The molecule has 0 unspecified atom stereocenters. The minimum absolute atomic E-state index is 0.160. The maximum atomic E-state index is 10.4. The summed E-state index contributed by atoms with van der Waals surface area (Å²) >= 11 is 0. The van der Waals surface area contributed by atoms with Crippen LogP contribution in [0, 0.1) is 35.5 Å². The molecule has 0 saturated carbocycles. The highest BCUT2D eigenvalue weighted by Gasteiger charge is 2.72. The molecule has 6 saturated heterocycles. The molecule has 6 spiro atoms. The van der Waals surface area contributed by atoms with E-state index in [0.717, 1.165) is 116 Å². The third kappa shape index (κ3) is 14.4. The minimum Gasteiger partial charge on any atom is -0.504 e. The van der Waals surface area contributed by atoms with Crippen molar-refractivity contribution >= 4 is 31.2 Å². The van der Waals surface area contributed by atoms with Crippen molar-refractivity contribution < 1.29 is 142 Å². The van der Waals surface area contributed by atoms with Gasteiger partial charge in [0.2, 0.25) is 0 Å². The van der Waals surface area contributed by atoms with Gasteiger partial charge in [0.25, 0.3) is 0 Å². The first-order valence-electron chi connectivity index (χ1n) is 48.4. The highest BCUT2D eigenvalue weighted by Crippen LogP contribution is 2.70. The molecule has 756 valence electrons. The second kappa shape index (κ2) is 33.8. The molecule has 141 heavy (non-hydrogen) atoms. The molecule has 24 aliphatic rings. The van der Waals surface area contributed by atoms with E-state index in [9.17, 15) is 61.3 Å². The fourth-order valence-electron chi connectivity index (χ4n) is 31.4. The SMILES string of the molecule is CN1CC[C@]23c4c5ccc(O)c4O[C@H]2[C@@H](O)C=C[C@H]3[C@H]1C5.CN1CC[C@]23c4c5ccc(O)c4O[C@H]2[C@@H](O)C=C[C@H]3[C@H]1C5.CN1CC[C@]23c4c5ccc(O)c4O[C@H]2[C@@H](O)C=C[C@H]3[C@H]1C5.CN1CC[C@]23c4c5ccc(O)c4O[C@H]2[C@@H](O)C=C[C@H]3[C@H]1C5.CN1CC[C@]23c4c5ccc(O)c4O[C@H]2[C@@H](O)C=C[C@H]3[C@H]1C5.CN1CC[C@]23c4c5ccc(O)c4O[C@H]2[C@@H](O)C=C[C@H]3[C@H]1C5.O=S(=O)(O)O.O=S(=O)(O)O.O=S(=O)(O)O. The first-order valence-corrected chi connectivity index (χ1v) is 52.6. The maximum Gasteiger partial charge on any atom is 0.394 e. The Balaban J connectivity index is 0.0000000943. The molecule has 12 aliphatic heterocycles. The van der Waals surface area contributed by atoms with Gasteiger partial charge < -0.3 is 119 Å². The van der Waals surface area contributed by atoms with Crippen molar-refractivity contribution in [1.29, 1.82) is 0 Å². The van der Waals surface area contributed by atoms with Crippen LogP contribution >= 0.6 is 0 Å². The van der Waals surface area contributed by atoms with Crippen molar-refractivity contribution in [3.8, 4) is 69.0 Å². The molecule has 39 heteroatoms. The van der Waals surface area contributed by atoms with Crippen molar-refractivity contribution in [3.63, 3.8) is 0 Å². The Morgan fingerprint density at radius 1 is 0.234 bits per heavy atom. The Morgan fingerprint density at radius 2 is 0.362 bits per heavy atom. The minimum atomic E-state index is -4.67. The van der Waals surface area contributed by atoms with Gasteiger partial charge in [-0.1, -0.05) is 109 Å². The van der Waals surface area contributed by atoms with Gasteiger partial charge in [-0.2, -0.15) is 25.3 Å². The Bertz CT molecular complexity index is 5690. The Labute approximate surface area is 815 Å². The summed E-state index contributed by atoms with van der Waals surface area (Å²) in [5.41, 5.74) is 13.7. The number of hydrogen-bond acceptors (Lipinski definition) is 30. The molecule has 6 aromatic rings. The number of phenols is 6. The average Bonchev–Trinajstić information content (AvgIpc) is 1.57. The summed E-state index contributed by atoms with van der Waals surface area (Å²) in [5.74, 6) is 7.14. The number of benzene rings is 6. The number of aliphatic hydroxyl groups excluding tert-OH is 6. The molecule has 12 bridgehead atoms. The third-order valence-corrected chi connectivity index (χ3v) is 36.9. The molecule has 12 heterocycles. The lowest BCUT2D eigenvalue weighted by molar-refractivity contribution is -0.0453. The summed E-state index contributed by atoms with van der Waals surface area (Å²) in [4.78, 5) is 14.6. The second-order valence-corrected chi connectivity index (χ2v) is 45.6. The van der Waals surface area contributed by atoms with Gasteiger partial charge in [-0.15, -0.1) is 0 Å². The Kier molecular flexibility index (Phi) is 23.1. The van der Waals surface area contributed by atoms with Crippen molar-refractivity contribution in [1.82, 2.24) is 29.4 Å². The van der Waals surface area contributed by atoms with Crippen molar-refractivity contribution in [2.75, 3.05) is 81.6 Å². The first kappa shape index (κ1) is 96.3. The quantitative estimate of drug-likeness (QED) is 0.0683. The number of piperidine rings is 6. The zero-order valence-corrected chi connectivity index (χ0v) is 80.7. The molecule has 36 nitrogen and oxygen atoms in total. The Hall–Kier alpha value is -9.51. The molecule has 30 atom stereocenters. The van der Waals surface area contributed by atoms with Gasteiger partial charge >= 0.3 is 31.2 Å². The predicted molar refractivity (Wildman–Crippen MR) is 508 cm³/mol. The molecule has 6 fully saturated rings. The predicted octanol–water partition coefficient (Wildman–Crippen LogP) is 5.23. The largest absolute Gasteiger partial charge is 0.504 e. The summed E-state index contributed by atoms with van der Waals surface area (Å²) in [6, 6.07) is 25.4. The maximum absolute atomic E-state index is 10.4. The molecule has 30 rings (SSSR count). The summed E-state index contributed by atoms with van der Waals surface area (Å²) in [6.07, 6.45) is 31.1. The topological polar surface area (TPSA) is 541 Å². The standard InChI is InChI=1S/6C17H19NO3.3H2O4S/c6*1-18-7-6-17-10-3-5-13(20)16(17)21-15-12(19)4-2-9(14(15)17)8-11(10)18;3*1-5(2,3)4/h6*2-5,10-11,13,16,19-20H,6-8H2,1H3;3*(H2,1,2,3,4)/t6*10-,11+,13-,16-,17-;;;/m000000.../s1. The number of rotatable bonds is 0. The van der Waals surface area contributed by atoms with Crippen molar-refractivity contribution in [2.45, 2.75) is 219 Å². The van der Waals surface area contributed by atoms with Crippen LogP contribution in [0.1, 0.15) is 105 Å². The lowest BCUT2D eigenvalue weighted by Crippen LogP contribution is -2.64. The number of likely N-dealkylation sites (N-methyl/N-ethyl adjacent to an activating group) is 6. The number of aliphatic hydroxyl groups is 6. The first-order chi connectivity index (χ1) is 66.8. The highest BCUT2D eigenvalue weighted by atomic mass is 32.3. The smallest absolute Gasteiger partial charge is 0.394 e. The van der Waals surface area contributed by atoms with Crippen LogP contribution in [-0.4, -0.2) is 334 Å². The van der Waals surface area contributed by atoms with Crippen molar-refractivity contribution in [3.05, 3.63) is 212 Å². The second-order valence-electron chi connectivity index (χ2n) is 42.9. The summed E-state index contributed by atoms with van der Waals surface area (Å²) in [6.45, 7) is 6.06. The van der Waals surface area contributed by atoms with E-state index in [1.807, 2.05) is 72.9 Å². The van der Waals surface area contributed by atoms with E-state index < -0.39 is 67.8 Å². The van der Waals surface area contributed by atoms with E-state index in [-0.39, 0.29) is 104 Å². The van der Waals surface area contributed by atoms with Gasteiger partial charge in [0.1, 0.15) is 73.2 Å². The molecule has 12 aliphatic carbocycles. The van der Waals surface area contributed by atoms with Crippen LogP contribution in [0.15, 0.2) is 146 Å². The van der Waals surface area contributed by atoms with Crippen LogP contribution in [0.25, 0.3) is 0 Å². The van der Waals surface area contributed by atoms with Crippen LogP contribution in [0.3, 0.4) is 0 Å². The lowest BCUT2D eigenvalue weighted by atomic mass is 9.53. The zero-order valence-electron chi connectivity index (χ0n) is 78.3. The number of likely N-dealkylation sites (tertiary alicyclic amines) is 6. The molecule has 18 N–H and O–H groups in total. The van der Waals surface area contributed by atoms with Gasteiger partial charge in [0.15, 0.2) is 69.0 Å². The number of hydrogen-bond donors (Lipinski definition) is 18. The molecular weight excluding hydrogens is 1890 g/mol. The van der Waals surface area contributed by atoms with Crippen LogP contribution in [-0.2, 0) is 102 Å². The highest BCUT2D eigenvalue weighted by molar-refractivity contribution is 7.80. The van der Waals surface area contributed by atoms with E-state index >= 15 is 0 Å². The van der Waals surface area contributed by atoms with Crippen LogP contribution in [0.4, 0.5) is 0 Å². The van der Waals surface area contributed by atoms with Crippen LogP contribution < -0.4 is 28.4 Å². The average molecular weight is 2010 g/mol. The molecule has 6 aromatic carbocycles. The zero-order chi connectivity index (χ0) is 99.6. The van der Waals surface area contributed by atoms with E-state index in [2.05, 4.69) is 108 Å². The number of aromatic hydroxyl groups is 6. The van der Waals surface area contributed by atoms with Gasteiger partial charge in [-0.25, -0.2) is 0 Å². The Morgan fingerprint density at radius 3 is 0.489 bits per heavy atom. The molecule has 0 amide bonds. The summed E-state index contributed by atoms with van der Waals surface area (Å²) < 4.78 is 131. The van der Waals surface area contributed by atoms with Gasteiger partial charge in [-0.3, -0.25) is 27.3 Å². The molecule has 0 radical (unpaired) electrons. The lowest BCUT2D eigenvalue weighted by Gasteiger charge is -2.56. The molecule has 0 aromatic heterocycles. The van der Waals surface area contributed by atoms with E-state index in [1.165, 1.54) is 66.8 Å². The number of nitrogens with zero attached hydrogens (tertiary/aromatic N) is 6. The normalized spacial score (nSPS) is 39.3. The number of ether oxygens (including phenoxy) is 6. The monoisotopic (exact) mass is 2000 g/mol. The fraction of sp³-hybridized carbons (Fsp3) is 0.529. The van der Waals surface area contributed by atoms with Crippen LogP contribution in [0.5, 0.6) is 69.0 Å².